The van der Waals surface area contributed by atoms with E-state index in [1.807, 2.05) is 36.4 Å². The number of aromatic amines is 1. The molecule has 1 atom stereocenters. The second-order valence-electron chi connectivity index (χ2n) is 5.15. The maximum absolute atomic E-state index is 11.0. The van der Waals surface area contributed by atoms with E-state index < -0.39 is 6.04 Å². The number of nitrogens with one attached hydrogen (secondary N) is 1. The third-order valence-corrected chi connectivity index (χ3v) is 3.72. The van der Waals surface area contributed by atoms with E-state index in [-0.39, 0.29) is 4.92 Å². The van der Waals surface area contributed by atoms with Gasteiger partial charge in [0, 0.05) is 29.0 Å². The molecular formula is C17H16N2O3. The molecule has 5 nitrogen and oxygen atoms in total. The van der Waals surface area contributed by atoms with Crippen molar-refractivity contribution in [2.75, 3.05) is 0 Å². The summed E-state index contributed by atoms with van der Waals surface area (Å²) in [6, 6.07) is 14.5. The topological polar surface area (TPSA) is 68.2 Å². The summed E-state index contributed by atoms with van der Waals surface area (Å²) in [4.78, 5) is 13.9. The molecule has 1 N–H and O–H groups in total. The zero-order valence-electron chi connectivity index (χ0n) is 12.2. The van der Waals surface area contributed by atoms with E-state index in [1.165, 1.54) is 0 Å². The highest BCUT2D eigenvalue weighted by Gasteiger charge is 2.20. The van der Waals surface area contributed by atoms with Crippen molar-refractivity contribution < 1.29 is 9.66 Å². The van der Waals surface area contributed by atoms with Crippen molar-refractivity contribution >= 4 is 10.9 Å². The van der Waals surface area contributed by atoms with Crippen LogP contribution in [-0.2, 0) is 6.61 Å². The molecule has 0 fully saturated rings. The summed E-state index contributed by atoms with van der Waals surface area (Å²) in [5, 5.41) is 11.9. The van der Waals surface area contributed by atoms with E-state index >= 15 is 0 Å². The van der Waals surface area contributed by atoms with E-state index in [9.17, 15) is 10.1 Å². The zero-order valence-corrected chi connectivity index (χ0v) is 12.2. The Morgan fingerprint density at radius 2 is 1.95 bits per heavy atom. The number of aromatic nitrogens is 1. The van der Waals surface area contributed by atoms with Crippen LogP contribution in [0, 0.1) is 10.1 Å². The minimum absolute atomic E-state index is 0.285. The summed E-state index contributed by atoms with van der Waals surface area (Å²) in [5.74, 6) is 0.697. The Morgan fingerprint density at radius 3 is 2.68 bits per heavy atom. The van der Waals surface area contributed by atoms with Crippen molar-refractivity contribution in [3.8, 4) is 5.75 Å². The van der Waals surface area contributed by atoms with Crippen LogP contribution in [0.2, 0.25) is 0 Å². The molecule has 1 heterocycles. The molecule has 1 aromatic heterocycles. The summed E-state index contributed by atoms with van der Waals surface area (Å²) in [6.45, 7) is 2.05. The van der Waals surface area contributed by atoms with Crippen LogP contribution in [0.5, 0.6) is 5.75 Å². The van der Waals surface area contributed by atoms with Gasteiger partial charge in [0.1, 0.15) is 12.4 Å². The molecule has 5 heteroatoms. The van der Waals surface area contributed by atoms with Crippen molar-refractivity contribution in [1.82, 2.24) is 4.98 Å². The number of nitro groups is 1. The number of hydrogen-bond acceptors (Lipinski definition) is 3. The maximum atomic E-state index is 11.0. The second-order valence-corrected chi connectivity index (χ2v) is 5.15. The lowest BCUT2D eigenvalue weighted by Gasteiger charge is -2.11. The Hall–Kier alpha value is -2.82. The summed E-state index contributed by atoms with van der Waals surface area (Å²) in [7, 11) is 0. The molecule has 0 spiro atoms. The van der Waals surface area contributed by atoms with Crippen LogP contribution in [0.3, 0.4) is 0 Å². The predicted molar refractivity (Wildman–Crippen MR) is 84.5 cm³/mol. The average Bonchev–Trinajstić information content (AvgIpc) is 3.02. The van der Waals surface area contributed by atoms with Gasteiger partial charge in [-0.2, -0.15) is 0 Å². The molecule has 0 aliphatic heterocycles. The van der Waals surface area contributed by atoms with Gasteiger partial charge in [0.25, 0.3) is 0 Å². The highest BCUT2D eigenvalue weighted by molar-refractivity contribution is 5.88. The van der Waals surface area contributed by atoms with E-state index in [0.29, 0.717) is 17.9 Å². The fraction of sp³-hybridized carbons (Fsp3) is 0.176. The van der Waals surface area contributed by atoms with E-state index in [1.54, 1.807) is 25.3 Å². The summed E-state index contributed by atoms with van der Waals surface area (Å²) < 4.78 is 5.86. The van der Waals surface area contributed by atoms with Gasteiger partial charge in [-0.15, -0.1) is 0 Å². The first-order valence-corrected chi connectivity index (χ1v) is 7.07. The maximum Gasteiger partial charge on any atom is 0.236 e. The standard InChI is InChI=1S/C17H16N2O3/c1-12(19(20)21)14-7-8-16(17-15(14)9-10-18-17)22-11-13-5-3-2-4-6-13/h2-10,12,18H,11H2,1H3. The van der Waals surface area contributed by atoms with Gasteiger partial charge in [0.05, 0.1) is 5.52 Å². The van der Waals surface area contributed by atoms with Crippen molar-refractivity contribution in [1.29, 1.82) is 0 Å². The average molecular weight is 296 g/mol. The minimum Gasteiger partial charge on any atom is -0.487 e. The number of benzene rings is 2. The normalized spacial score (nSPS) is 12.2. The Bertz CT molecular complexity index is 796. The zero-order chi connectivity index (χ0) is 15.5. The SMILES string of the molecule is CC(c1ccc(OCc2ccccc2)c2[nH]ccc12)[N+](=O)[O-]. The molecule has 1 unspecified atom stereocenters. The molecule has 3 rings (SSSR count). The van der Waals surface area contributed by atoms with Crippen molar-refractivity contribution in [3.05, 3.63) is 76.0 Å². The van der Waals surface area contributed by atoms with Crippen molar-refractivity contribution in [2.45, 2.75) is 19.6 Å². The van der Waals surface area contributed by atoms with Gasteiger partial charge in [-0.05, 0) is 23.8 Å². The molecular weight excluding hydrogens is 280 g/mol. The largest absolute Gasteiger partial charge is 0.487 e. The van der Waals surface area contributed by atoms with Gasteiger partial charge < -0.3 is 9.72 Å². The van der Waals surface area contributed by atoms with Crippen LogP contribution >= 0.6 is 0 Å². The molecule has 0 bridgehead atoms. The predicted octanol–water partition coefficient (Wildman–Crippen LogP) is 4.08. The van der Waals surface area contributed by atoms with Gasteiger partial charge in [-0.25, -0.2) is 0 Å². The summed E-state index contributed by atoms with van der Waals surface area (Å²) in [6.07, 6.45) is 1.77. The van der Waals surface area contributed by atoms with Crippen molar-refractivity contribution in [3.63, 3.8) is 0 Å². The number of hydrogen-bond donors (Lipinski definition) is 1. The molecule has 0 amide bonds. The highest BCUT2D eigenvalue weighted by atomic mass is 16.6. The Balaban J connectivity index is 1.90. The van der Waals surface area contributed by atoms with Crippen LogP contribution in [0.25, 0.3) is 10.9 Å². The number of rotatable bonds is 5. The number of nitrogens with zero attached hydrogens (tertiary/aromatic N) is 1. The third kappa shape index (κ3) is 2.65. The van der Waals surface area contributed by atoms with Gasteiger partial charge in [-0.3, -0.25) is 10.1 Å². The molecule has 2 aromatic carbocycles. The third-order valence-electron chi connectivity index (χ3n) is 3.72. The molecule has 0 saturated heterocycles. The van der Waals surface area contributed by atoms with Crippen LogP contribution in [0.1, 0.15) is 24.1 Å². The lowest BCUT2D eigenvalue weighted by atomic mass is 10.0. The molecule has 0 saturated carbocycles. The van der Waals surface area contributed by atoms with Gasteiger partial charge >= 0.3 is 0 Å². The quantitative estimate of drug-likeness (QED) is 0.569. The first-order chi connectivity index (χ1) is 10.7. The van der Waals surface area contributed by atoms with Crippen LogP contribution in [0.4, 0.5) is 0 Å². The number of H-pyrrole nitrogens is 1. The van der Waals surface area contributed by atoms with Crippen LogP contribution in [-0.4, -0.2) is 9.91 Å². The van der Waals surface area contributed by atoms with Crippen LogP contribution in [0.15, 0.2) is 54.7 Å². The van der Waals surface area contributed by atoms with Gasteiger partial charge in [0.15, 0.2) is 0 Å². The summed E-state index contributed by atoms with van der Waals surface area (Å²) in [5.41, 5.74) is 2.56. The molecule has 22 heavy (non-hydrogen) atoms. The van der Waals surface area contributed by atoms with Crippen LogP contribution < -0.4 is 4.74 Å². The smallest absolute Gasteiger partial charge is 0.236 e. The molecule has 0 aliphatic rings. The Kier molecular flexibility index (Phi) is 3.78. The number of ether oxygens (including phenoxy) is 1. The summed E-state index contributed by atoms with van der Waals surface area (Å²) >= 11 is 0. The van der Waals surface area contributed by atoms with Gasteiger partial charge in [-0.1, -0.05) is 30.3 Å². The molecule has 0 aliphatic carbocycles. The fourth-order valence-corrected chi connectivity index (χ4v) is 2.49. The van der Waals surface area contributed by atoms with E-state index in [0.717, 1.165) is 16.5 Å². The number of fused-ring (bicyclic) bond motifs is 1. The Labute approximate surface area is 127 Å². The highest BCUT2D eigenvalue weighted by Crippen LogP contribution is 2.32. The van der Waals surface area contributed by atoms with Crippen molar-refractivity contribution in [2.24, 2.45) is 0 Å². The first kappa shape index (κ1) is 14.1. The van der Waals surface area contributed by atoms with Gasteiger partial charge in [0.2, 0.25) is 6.04 Å². The lowest BCUT2D eigenvalue weighted by molar-refractivity contribution is -0.524. The molecule has 3 aromatic rings. The molecule has 112 valence electrons. The van der Waals surface area contributed by atoms with E-state index in [4.69, 9.17) is 4.74 Å². The minimum atomic E-state index is -0.749. The lowest BCUT2D eigenvalue weighted by Crippen LogP contribution is -2.06. The first-order valence-electron chi connectivity index (χ1n) is 7.07. The fourth-order valence-electron chi connectivity index (χ4n) is 2.49. The van der Waals surface area contributed by atoms with E-state index in [2.05, 4.69) is 4.98 Å². The monoisotopic (exact) mass is 296 g/mol. The second kappa shape index (κ2) is 5.89. The Morgan fingerprint density at radius 1 is 1.18 bits per heavy atom. The molecule has 0 radical (unpaired) electrons.